The van der Waals surface area contributed by atoms with E-state index >= 15 is 0 Å². The lowest BCUT2D eigenvalue weighted by atomic mass is 9.76. The first-order valence-corrected chi connectivity index (χ1v) is 10.5. The minimum Gasteiger partial charge on any atom is -0.493 e. The number of methoxy groups -OCH3 is 3. The molecule has 5 heteroatoms. The third-order valence-corrected chi connectivity index (χ3v) is 6.64. The topological polar surface area (TPSA) is 40.2 Å². The van der Waals surface area contributed by atoms with Gasteiger partial charge in [0.2, 0.25) is 0 Å². The summed E-state index contributed by atoms with van der Waals surface area (Å²) in [5, 5.41) is 0. The molecule has 1 saturated carbocycles. The van der Waals surface area contributed by atoms with Crippen LogP contribution in [0.25, 0.3) is 11.1 Å². The number of hydrogen-bond donors (Lipinski definition) is 0. The van der Waals surface area contributed by atoms with Gasteiger partial charge in [0.1, 0.15) is 0 Å². The summed E-state index contributed by atoms with van der Waals surface area (Å²) in [4.78, 5) is 2.45. The molecule has 0 saturated heterocycles. The Morgan fingerprint density at radius 3 is 2.34 bits per heavy atom. The summed E-state index contributed by atoms with van der Waals surface area (Å²) >= 11 is 0. The van der Waals surface area contributed by atoms with Crippen LogP contribution in [0.1, 0.15) is 35.6 Å². The molecule has 3 aliphatic rings. The van der Waals surface area contributed by atoms with Crippen LogP contribution in [0.15, 0.2) is 18.2 Å². The van der Waals surface area contributed by atoms with Gasteiger partial charge in [0.05, 0.1) is 27.9 Å². The molecule has 0 amide bonds. The lowest BCUT2D eigenvalue weighted by Crippen LogP contribution is -2.35. The van der Waals surface area contributed by atoms with Crippen molar-refractivity contribution in [3.05, 3.63) is 34.9 Å². The maximum absolute atomic E-state index is 6.27. The number of ether oxygens (including phenoxy) is 4. The predicted octanol–water partition coefficient (Wildman–Crippen LogP) is 4.25. The zero-order valence-corrected chi connectivity index (χ0v) is 17.7. The average molecular weight is 395 g/mol. The second kappa shape index (κ2) is 7.13. The van der Waals surface area contributed by atoms with Crippen molar-refractivity contribution < 1.29 is 18.9 Å². The van der Waals surface area contributed by atoms with Crippen LogP contribution in [0.2, 0.25) is 0 Å². The second-order valence-electron chi connectivity index (χ2n) is 8.42. The molecule has 5 nitrogen and oxygen atoms in total. The van der Waals surface area contributed by atoms with E-state index in [0.29, 0.717) is 12.0 Å². The van der Waals surface area contributed by atoms with E-state index in [0.717, 1.165) is 54.6 Å². The van der Waals surface area contributed by atoms with Gasteiger partial charge in [-0.15, -0.1) is 0 Å². The van der Waals surface area contributed by atoms with Crippen molar-refractivity contribution in [3.8, 4) is 34.1 Å². The first-order valence-electron chi connectivity index (χ1n) is 10.5. The number of rotatable bonds is 6. The van der Waals surface area contributed by atoms with Gasteiger partial charge in [0.25, 0.3) is 0 Å². The Kier molecular flexibility index (Phi) is 4.58. The SMILES string of the molecule is COc1cc2c(cc1OC)-c1c(OC)c(OCC3CC3)cc3c1[C@H](C2)N(C)CC3. The van der Waals surface area contributed by atoms with Crippen LogP contribution in [0.3, 0.4) is 0 Å². The molecule has 0 bridgehead atoms. The first-order chi connectivity index (χ1) is 14.1. The summed E-state index contributed by atoms with van der Waals surface area (Å²) in [5.74, 6) is 3.93. The molecule has 2 aromatic carbocycles. The molecule has 1 aliphatic heterocycles. The molecule has 0 radical (unpaired) electrons. The number of benzene rings is 2. The minimum absolute atomic E-state index is 0.339. The highest BCUT2D eigenvalue weighted by atomic mass is 16.5. The number of likely N-dealkylation sites (N-methyl/N-ethyl adjacent to an activating group) is 1. The molecule has 1 heterocycles. The van der Waals surface area contributed by atoms with Crippen molar-refractivity contribution in [1.29, 1.82) is 0 Å². The molecular formula is C24H29NO4. The van der Waals surface area contributed by atoms with E-state index in [4.69, 9.17) is 18.9 Å². The van der Waals surface area contributed by atoms with Gasteiger partial charge in [-0.1, -0.05) is 0 Å². The van der Waals surface area contributed by atoms with E-state index in [1.165, 1.54) is 35.1 Å². The van der Waals surface area contributed by atoms with Crippen LogP contribution in [0, 0.1) is 5.92 Å². The Bertz CT molecular complexity index is 951. The molecule has 2 aliphatic carbocycles. The van der Waals surface area contributed by atoms with Crippen molar-refractivity contribution >= 4 is 0 Å². The van der Waals surface area contributed by atoms with E-state index in [9.17, 15) is 0 Å². The van der Waals surface area contributed by atoms with Crippen molar-refractivity contribution in [3.63, 3.8) is 0 Å². The summed E-state index contributed by atoms with van der Waals surface area (Å²) in [6.45, 7) is 1.82. The maximum Gasteiger partial charge on any atom is 0.168 e. The third-order valence-electron chi connectivity index (χ3n) is 6.64. The van der Waals surface area contributed by atoms with Crippen LogP contribution < -0.4 is 18.9 Å². The zero-order valence-electron chi connectivity index (χ0n) is 17.7. The Labute approximate surface area is 172 Å². The first kappa shape index (κ1) is 18.6. The highest BCUT2D eigenvalue weighted by Gasteiger charge is 2.37. The Morgan fingerprint density at radius 2 is 1.66 bits per heavy atom. The summed E-state index contributed by atoms with van der Waals surface area (Å²) in [7, 11) is 7.34. The van der Waals surface area contributed by atoms with Crippen molar-refractivity contribution in [2.24, 2.45) is 5.92 Å². The normalized spacial score (nSPS) is 19.9. The fourth-order valence-corrected chi connectivity index (χ4v) is 4.83. The second-order valence-corrected chi connectivity index (χ2v) is 8.42. The van der Waals surface area contributed by atoms with Gasteiger partial charge >= 0.3 is 0 Å². The standard InChI is InChI=1S/C24H29NO4/c1-25-8-7-15-10-21(29-13-14-5-6-14)24(28-4)23-17-12-20(27-3)19(26-2)11-16(17)9-18(25)22(15)23/h10-12,14,18H,5-9,13H2,1-4H3/t18-/m0/s1. The van der Waals surface area contributed by atoms with Gasteiger partial charge in [-0.05, 0) is 79.1 Å². The summed E-state index contributed by atoms with van der Waals surface area (Å²) < 4.78 is 23.4. The number of fused-ring (bicyclic) bond motifs is 2. The van der Waals surface area contributed by atoms with Gasteiger partial charge in [-0.3, -0.25) is 4.90 Å². The summed E-state index contributed by atoms with van der Waals surface area (Å²) in [6, 6.07) is 6.79. The van der Waals surface area contributed by atoms with Crippen molar-refractivity contribution in [1.82, 2.24) is 4.90 Å². The van der Waals surface area contributed by atoms with Gasteiger partial charge in [-0.25, -0.2) is 0 Å². The molecule has 29 heavy (non-hydrogen) atoms. The van der Waals surface area contributed by atoms with Crippen molar-refractivity contribution in [2.45, 2.75) is 31.7 Å². The largest absolute Gasteiger partial charge is 0.493 e. The number of hydrogen-bond acceptors (Lipinski definition) is 5. The van der Waals surface area contributed by atoms with E-state index in [2.05, 4.69) is 30.1 Å². The highest BCUT2D eigenvalue weighted by molar-refractivity contribution is 5.85. The molecule has 0 unspecified atom stereocenters. The van der Waals surface area contributed by atoms with Gasteiger partial charge in [0, 0.05) is 18.2 Å². The van der Waals surface area contributed by atoms with E-state index in [-0.39, 0.29) is 0 Å². The van der Waals surface area contributed by atoms with Gasteiger partial charge in [0.15, 0.2) is 23.0 Å². The molecule has 1 fully saturated rings. The molecule has 0 N–H and O–H groups in total. The van der Waals surface area contributed by atoms with Crippen LogP contribution in [-0.4, -0.2) is 46.4 Å². The van der Waals surface area contributed by atoms with E-state index in [1.807, 2.05) is 0 Å². The fraction of sp³-hybridized carbons (Fsp3) is 0.500. The average Bonchev–Trinajstić information content (AvgIpc) is 3.57. The van der Waals surface area contributed by atoms with Crippen LogP contribution >= 0.6 is 0 Å². The highest BCUT2D eigenvalue weighted by Crippen LogP contribution is 2.54. The van der Waals surface area contributed by atoms with Crippen molar-refractivity contribution in [2.75, 3.05) is 41.5 Å². The van der Waals surface area contributed by atoms with E-state index < -0.39 is 0 Å². The zero-order chi connectivity index (χ0) is 20.1. The van der Waals surface area contributed by atoms with Gasteiger partial charge in [-0.2, -0.15) is 0 Å². The quantitative estimate of drug-likeness (QED) is 0.731. The molecule has 5 rings (SSSR count). The molecule has 0 aromatic heterocycles. The Morgan fingerprint density at radius 1 is 0.931 bits per heavy atom. The van der Waals surface area contributed by atoms with Crippen LogP contribution in [0.5, 0.6) is 23.0 Å². The molecule has 154 valence electrons. The molecule has 1 atom stereocenters. The third kappa shape index (κ3) is 3.03. The minimum atomic E-state index is 0.339. The molecule has 0 spiro atoms. The lowest BCUT2D eigenvalue weighted by molar-refractivity contribution is 0.225. The summed E-state index contributed by atoms with van der Waals surface area (Å²) in [5.41, 5.74) is 6.36. The monoisotopic (exact) mass is 395 g/mol. The summed E-state index contributed by atoms with van der Waals surface area (Å²) in [6.07, 6.45) is 4.53. The Balaban J connectivity index is 1.73. The Hall–Kier alpha value is -2.40. The van der Waals surface area contributed by atoms with Crippen LogP contribution in [0.4, 0.5) is 0 Å². The predicted molar refractivity (Wildman–Crippen MR) is 113 cm³/mol. The van der Waals surface area contributed by atoms with Gasteiger partial charge < -0.3 is 18.9 Å². The van der Waals surface area contributed by atoms with Crippen LogP contribution in [-0.2, 0) is 12.8 Å². The van der Waals surface area contributed by atoms with E-state index in [1.54, 1.807) is 21.3 Å². The smallest absolute Gasteiger partial charge is 0.168 e. The lowest BCUT2D eigenvalue weighted by Gasteiger charge is -2.40. The number of nitrogens with zero attached hydrogens (tertiary/aromatic N) is 1. The fourth-order valence-electron chi connectivity index (χ4n) is 4.83. The maximum atomic E-state index is 6.27. The molecule has 2 aromatic rings. The molecular weight excluding hydrogens is 366 g/mol.